The van der Waals surface area contributed by atoms with Gasteiger partial charge in [-0.3, -0.25) is 0 Å². The number of primary sulfonamides is 1. The Kier molecular flexibility index (Phi) is 6.27. The molecule has 0 spiro atoms. The predicted molar refractivity (Wildman–Crippen MR) is 78.2 cm³/mol. The van der Waals surface area contributed by atoms with Crippen LogP contribution < -0.4 is 5.14 Å². The Bertz CT molecular complexity index is 357. The maximum atomic E-state index is 11.2. The monoisotopic (exact) mass is 291 g/mol. The van der Waals surface area contributed by atoms with Crippen LogP contribution in [0, 0.1) is 23.7 Å². The highest BCUT2D eigenvalue weighted by molar-refractivity contribution is 7.89. The van der Waals surface area contributed by atoms with Crippen LogP contribution in [-0.2, 0) is 14.8 Å². The van der Waals surface area contributed by atoms with Gasteiger partial charge in [0.1, 0.15) is 0 Å². The van der Waals surface area contributed by atoms with Crippen LogP contribution in [0.3, 0.4) is 0 Å². The third-order valence-corrected chi connectivity index (χ3v) is 4.96. The molecule has 0 aromatic carbocycles. The van der Waals surface area contributed by atoms with Crippen molar-refractivity contribution >= 4 is 10.0 Å². The number of nitrogens with two attached hydrogens (primary N) is 1. The molecule has 2 N–H and O–H groups in total. The van der Waals surface area contributed by atoms with Crippen LogP contribution in [0.1, 0.15) is 47.0 Å². The third-order valence-electron chi connectivity index (χ3n) is 4.07. The average Bonchev–Trinajstić information content (AvgIpc) is 2.20. The van der Waals surface area contributed by atoms with Gasteiger partial charge < -0.3 is 4.74 Å². The van der Waals surface area contributed by atoms with E-state index >= 15 is 0 Å². The Morgan fingerprint density at radius 3 is 2.11 bits per heavy atom. The molecule has 3 unspecified atom stereocenters. The molecule has 1 aliphatic rings. The van der Waals surface area contributed by atoms with Gasteiger partial charge in [-0.25, -0.2) is 13.6 Å². The van der Waals surface area contributed by atoms with E-state index in [0.29, 0.717) is 18.4 Å². The summed E-state index contributed by atoms with van der Waals surface area (Å²) in [6.07, 6.45) is 3.72. The quantitative estimate of drug-likeness (QED) is 0.817. The molecule has 1 aliphatic carbocycles. The first-order valence-corrected chi connectivity index (χ1v) is 9.01. The molecule has 1 saturated carbocycles. The number of hydrogen-bond acceptors (Lipinski definition) is 3. The van der Waals surface area contributed by atoms with Gasteiger partial charge in [-0.15, -0.1) is 0 Å². The maximum absolute atomic E-state index is 11.2. The molecular formula is C14H29NO3S. The van der Waals surface area contributed by atoms with Crippen LogP contribution in [0.5, 0.6) is 0 Å². The van der Waals surface area contributed by atoms with Crippen LogP contribution >= 0.6 is 0 Å². The lowest BCUT2D eigenvalue weighted by Crippen LogP contribution is -2.33. The lowest BCUT2D eigenvalue weighted by molar-refractivity contribution is -0.0188. The van der Waals surface area contributed by atoms with Gasteiger partial charge in [-0.05, 0) is 42.9 Å². The fourth-order valence-corrected chi connectivity index (χ4v) is 4.08. The van der Waals surface area contributed by atoms with E-state index in [2.05, 4.69) is 13.8 Å². The normalized spacial score (nSPS) is 30.5. The molecule has 0 heterocycles. The van der Waals surface area contributed by atoms with Gasteiger partial charge in [0.25, 0.3) is 0 Å². The molecule has 0 aromatic heterocycles. The highest BCUT2D eigenvalue weighted by atomic mass is 32.2. The van der Waals surface area contributed by atoms with Crippen LogP contribution in [0.4, 0.5) is 0 Å². The van der Waals surface area contributed by atoms with Crippen molar-refractivity contribution in [2.75, 3.05) is 12.4 Å². The first-order chi connectivity index (χ1) is 8.67. The van der Waals surface area contributed by atoms with Crippen molar-refractivity contribution in [2.45, 2.75) is 53.1 Å². The molecule has 5 heteroatoms. The number of hydrogen-bond donors (Lipinski definition) is 1. The van der Waals surface area contributed by atoms with Crippen molar-refractivity contribution < 1.29 is 13.2 Å². The van der Waals surface area contributed by atoms with Crippen LogP contribution in [-0.4, -0.2) is 26.9 Å². The summed E-state index contributed by atoms with van der Waals surface area (Å²) in [6.45, 7) is 9.06. The summed E-state index contributed by atoms with van der Waals surface area (Å²) in [5, 5.41) is 5.14. The second-order valence-electron chi connectivity index (χ2n) is 6.71. The first kappa shape index (κ1) is 16.9. The smallest absolute Gasteiger partial charge is 0.209 e. The third kappa shape index (κ3) is 6.72. The zero-order valence-electron chi connectivity index (χ0n) is 12.6. The lowest BCUT2D eigenvalue weighted by Gasteiger charge is -2.32. The van der Waals surface area contributed by atoms with Gasteiger partial charge in [-0.1, -0.05) is 27.7 Å². The van der Waals surface area contributed by atoms with Crippen molar-refractivity contribution in [3.8, 4) is 0 Å². The summed E-state index contributed by atoms with van der Waals surface area (Å²) in [6, 6.07) is 0. The maximum Gasteiger partial charge on any atom is 0.209 e. The van der Waals surface area contributed by atoms with Gasteiger partial charge in [0.15, 0.2) is 0 Å². The van der Waals surface area contributed by atoms with Gasteiger partial charge >= 0.3 is 0 Å². The summed E-state index contributed by atoms with van der Waals surface area (Å²) >= 11 is 0. The summed E-state index contributed by atoms with van der Waals surface area (Å²) in [4.78, 5) is 0. The van der Waals surface area contributed by atoms with Crippen molar-refractivity contribution in [2.24, 2.45) is 28.8 Å². The Balaban J connectivity index is 2.47. The highest BCUT2D eigenvalue weighted by Crippen LogP contribution is 2.30. The Hall–Kier alpha value is -0.130. The van der Waals surface area contributed by atoms with E-state index in [1.54, 1.807) is 0 Å². The standard InChI is InChI=1S/C14H29NO3S/c1-10(2)13(9-19(15,16)17)8-18-14-6-11(3)5-12(4)7-14/h10-14H,5-9H2,1-4H3,(H2,15,16,17). The van der Waals surface area contributed by atoms with E-state index in [4.69, 9.17) is 9.88 Å². The van der Waals surface area contributed by atoms with Crippen LogP contribution in [0.15, 0.2) is 0 Å². The largest absolute Gasteiger partial charge is 0.378 e. The fourth-order valence-electron chi connectivity index (χ4n) is 3.00. The van der Waals surface area contributed by atoms with Crippen molar-refractivity contribution in [1.29, 1.82) is 0 Å². The van der Waals surface area contributed by atoms with Gasteiger partial charge in [0.05, 0.1) is 18.5 Å². The van der Waals surface area contributed by atoms with E-state index in [-0.39, 0.29) is 23.7 Å². The topological polar surface area (TPSA) is 69.4 Å². The molecule has 0 amide bonds. The second-order valence-corrected chi connectivity index (χ2v) is 8.37. The molecular weight excluding hydrogens is 262 g/mol. The molecule has 19 heavy (non-hydrogen) atoms. The molecule has 0 bridgehead atoms. The average molecular weight is 291 g/mol. The van der Waals surface area contributed by atoms with E-state index in [1.807, 2.05) is 13.8 Å². The van der Waals surface area contributed by atoms with E-state index in [0.717, 1.165) is 12.8 Å². The van der Waals surface area contributed by atoms with Gasteiger partial charge in [-0.2, -0.15) is 0 Å². The molecule has 1 fully saturated rings. The zero-order valence-corrected chi connectivity index (χ0v) is 13.4. The molecule has 1 rings (SSSR count). The van der Waals surface area contributed by atoms with Crippen molar-refractivity contribution in [1.82, 2.24) is 0 Å². The molecule has 0 saturated heterocycles. The van der Waals surface area contributed by atoms with Crippen LogP contribution in [0.2, 0.25) is 0 Å². The molecule has 0 radical (unpaired) electrons. The van der Waals surface area contributed by atoms with Crippen molar-refractivity contribution in [3.63, 3.8) is 0 Å². The molecule has 0 aromatic rings. The van der Waals surface area contributed by atoms with E-state index < -0.39 is 10.0 Å². The van der Waals surface area contributed by atoms with Gasteiger partial charge in [0.2, 0.25) is 10.0 Å². The summed E-state index contributed by atoms with van der Waals surface area (Å²) < 4.78 is 28.4. The van der Waals surface area contributed by atoms with E-state index in [1.165, 1.54) is 6.42 Å². The molecule has 114 valence electrons. The number of sulfonamides is 1. The summed E-state index contributed by atoms with van der Waals surface area (Å²) in [5.41, 5.74) is 0. The minimum absolute atomic E-state index is 0.0115. The molecule has 3 atom stereocenters. The number of ether oxygens (including phenoxy) is 1. The molecule has 0 aliphatic heterocycles. The summed E-state index contributed by atoms with van der Waals surface area (Å²) in [7, 11) is -3.42. The second kappa shape index (κ2) is 7.04. The fraction of sp³-hybridized carbons (Fsp3) is 1.00. The first-order valence-electron chi connectivity index (χ1n) is 7.29. The van der Waals surface area contributed by atoms with Crippen LogP contribution in [0.25, 0.3) is 0 Å². The Labute approximate surface area is 118 Å². The zero-order chi connectivity index (χ0) is 14.6. The number of rotatable bonds is 6. The van der Waals surface area contributed by atoms with Crippen molar-refractivity contribution in [3.05, 3.63) is 0 Å². The van der Waals surface area contributed by atoms with Gasteiger partial charge in [0, 0.05) is 0 Å². The predicted octanol–water partition coefficient (Wildman–Crippen LogP) is 2.39. The Morgan fingerprint density at radius 2 is 1.68 bits per heavy atom. The molecule has 4 nitrogen and oxygen atoms in total. The minimum atomic E-state index is -3.42. The lowest BCUT2D eigenvalue weighted by atomic mass is 9.82. The summed E-state index contributed by atoms with van der Waals surface area (Å²) in [5.74, 6) is 1.66. The highest BCUT2D eigenvalue weighted by Gasteiger charge is 2.26. The SMILES string of the molecule is CC1CC(C)CC(OCC(CS(N)(=O)=O)C(C)C)C1. The Morgan fingerprint density at radius 1 is 1.16 bits per heavy atom. The minimum Gasteiger partial charge on any atom is -0.378 e. The van der Waals surface area contributed by atoms with E-state index in [9.17, 15) is 8.42 Å².